The van der Waals surface area contributed by atoms with E-state index < -0.39 is 0 Å². The average molecular weight is 398 g/mol. The van der Waals surface area contributed by atoms with Gasteiger partial charge in [0.15, 0.2) is 11.0 Å². The Balaban J connectivity index is 1.51. The van der Waals surface area contributed by atoms with Crippen LogP contribution in [0.15, 0.2) is 52.2 Å². The van der Waals surface area contributed by atoms with Crippen molar-refractivity contribution in [2.75, 3.05) is 18.9 Å². The highest BCUT2D eigenvalue weighted by Gasteiger charge is 2.20. The molecule has 1 amide bonds. The van der Waals surface area contributed by atoms with Crippen molar-refractivity contribution in [1.82, 2.24) is 20.1 Å². The number of amides is 1. The number of carbonyl (C=O) groups excluding carboxylic acids is 1. The van der Waals surface area contributed by atoms with Gasteiger partial charge in [0.2, 0.25) is 5.91 Å². The number of nitrogens with zero attached hydrogens (tertiary/aromatic N) is 3. The van der Waals surface area contributed by atoms with E-state index >= 15 is 0 Å². The lowest BCUT2D eigenvalue weighted by atomic mass is 10.2. The summed E-state index contributed by atoms with van der Waals surface area (Å²) in [5, 5.41) is 12.3. The SMILES string of the molecule is Cc1occc1-c1nnc(SCC(=O)NC[C@@H]2CCCO2)n1-c1ccccc1. The molecule has 1 aliphatic rings. The van der Waals surface area contributed by atoms with Crippen molar-refractivity contribution in [2.45, 2.75) is 31.0 Å². The second-order valence-corrected chi connectivity index (χ2v) is 7.54. The van der Waals surface area contributed by atoms with E-state index in [1.54, 1.807) is 6.26 Å². The zero-order valence-corrected chi connectivity index (χ0v) is 16.4. The summed E-state index contributed by atoms with van der Waals surface area (Å²) in [5.74, 6) is 1.70. The molecule has 7 nitrogen and oxygen atoms in total. The number of benzene rings is 1. The molecule has 1 atom stereocenters. The summed E-state index contributed by atoms with van der Waals surface area (Å²) >= 11 is 1.36. The number of thioether (sulfide) groups is 1. The number of aromatic nitrogens is 3. The highest BCUT2D eigenvalue weighted by molar-refractivity contribution is 7.99. The van der Waals surface area contributed by atoms with E-state index in [1.165, 1.54) is 11.8 Å². The number of furan rings is 1. The molecule has 3 heterocycles. The average Bonchev–Trinajstić information content (AvgIpc) is 3.46. The first-order chi connectivity index (χ1) is 13.7. The van der Waals surface area contributed by atoms with Crippen molar-refractivity contribution < 1.29 is 13.9 Å². The molecule has 1 saturated heterocycles. The van der Waals surface area contributed by atoms with Crippen LogP contribution in [-0.4, -0.2) is 45.7 Å². The molecule has 1 aliphatic heterocycles. The third-order valence-electron chi connectivity index (χ3n) is 4.63. The molecule has 0 unspecified atom stereocenters. The first-order valence-corrected chi connectivity index (χ1v) is 10.3. The molecule has 1 aromatic carbocycles. The number of nitrogens with one attached hydrogen (secondary N) is 1. The lowest BCUT2D eigenvalue weighted by Gasteiger charge is -2.11. The highest BCUT2D eigenvalue weighted by atomic mass is 32.2. The van der Waals surface area contributed by atoms with Gasteiger partial charge in [0, 0.05) is 18.8 Å². The fourth-order valence-electron chi connectivity index (χ4n) is 3.18. The van der Waals surface area contributed by atoms with E-state index in [1.807, 2.05) is 47.9 Å². The number of hydrogen-bond donors (Lipinski definition) is 1. The monoisotopic (exact) mass is 398 g/mol. The molecule has 2 aromatic heterocycles. The minimum Gasteiger partial charge on any atom is -0.469 e. The molecule has 4 rings (SSSR count). The van der Waals surface area contributed by atoms with Crippen LogP contribution in [0.2, 0.25) is 0 Å². The minimum absolute atomic E-state index is 0.0378. The lowest BCUT2D eigenvalue weighted by molar-refractivity contribution is -0.119. The number of hydrogen-bond acceptors (Lipinski definition) is 6. The van der Waals surface area contributed by atoms with Crippen LogP contribution < -0.4 is 5.32 Å². The molecule has 3 aromatic rings. The van der Waals surface area contributed by atoms with Gasteiger partial charge in [-0.05, 0) is 38.0 Å². The Morgan fingerprint density at radius 2 is 2.14 bits per heavy atom. The van der Waals surface area contributed by atoms with E-state index in [2.05, 4.69) is 15.5 Å². The molecule has 28 heavy (non-hydrogen) atoms. The molecule has 0 saturated carbocycles. The fraction of sp³-hybridized carbons (Fsp3) is 0.350. The molecule has 1 N–H and O–H groups in total. The fourth-order valence-corrected chi connectivity index (χ4v) is 3.96. The largest absolute Gasteiger partial charge is 0.469 e. The molecule has 1 fully saturated rings. The number of carbonyl (C=O) groups is 1. The maximum Gasteiger partial charge on any atom is 0.230 e. The predicted octanol–water partition coefficient (Wildman–Crippen LogP) is 3.22. The van der Waals surface area contributed by atoms with Gasteiger partial charge in [-0.2, -0.15) is 0 Å². The Labute approximate surface area is 167 Å². The summed E-state index contributed by atoms with van der Waals surface area (Å²) in [7, 11) is 0. The van der Waals surface area contributed by atoms with Gasteiger partial charge in [0.1, 0.15) is 5.76 Å². The molecular weight excluding hydrogens is 376 g/mol. The molecule has 0 radical (unpaired) electrons. The van der Waals surface area contributed by atoms with Crippen LogP contribution in [0.3, 0.4) is 0 Å². The summed E-state index contributed by atoms with van der Waals surface area (Å²) in [4.78, 5) is 12.3. The molecular formula is C20H22N4O3S. The van der Waals surface area contributed by atoms with Crippen LogP contribution >= 0.6 is 11.8 Å². The number of para-hydroxylation sites is 1. The Hall–Kier alpha value is -2.58. The summed E-state index contributed by atoms with van der Waals surface area (Å²) in [6, 6.07) is 11.7. The van der Waals surface area contributed by atoms with E-state index in [9.17, 15) is 4.79 Å². The van der Waals surface area contributed by atoms with Gasteiger partial charge in [-0.15, -0.1) is 10.2 Å². The summed E-state index contributed by atoms with van der Waals surface area (Å²) in [6.07, 6.45) is 3.84. The van der Waals surface area contributed by atoms with E-state index in [-0.39, 0.29) is 17.8 Å². The predicted molar refractivity (Wildman–Crippen MR) is 107 cm³/mol. The summed E-state index contributed by atoms with van der Waals surface area (Å²) in [6.45, 7) is 3.24. The Bertz CT molecular complexity index is 932. The lowest BCUT2D eigenvalue weighted by Crippen LogP contribution is -2.32. The Kier molecular flexibility index (Phi) is 5.78. The van der Waals surface area contributed by atoms with Gasteiger partial charge in [-0.25, -0.2) is 0 Å². The van der Waals surface area contributed by atoms with Crippen molar-refractivity contribution in [3.8, 4) is 17.1 Å². The normalized spacial score (nSPS) is 16.4. The van der Waals surface area contributed by atoms with Crippen LogP contribution in [0, 0.1) is 6.92 Å². The van der Waals surface area contributed by atoms with Gasteiger partial charge in [0.05, 0.1) is 23.7 Å². The van der Waals surface area contributed by atoms with Crippen molar-refractivity contribution in [3.05, 3.63) is 48.4 Å². The van der Waals surface area contributed by atoms with E-state index in [0.29, 0.717) is 17.5 Å². The zero-order chi connectivity index (χ0) is 19.3. The van der Waals surface area contributed by atoms with Crippen LogP contribution in [0.4, 0.5) is 0 Å². The maximum atomic E-state index is 12.3. The van der Waals surface area contributed by atoms with Gasteiger partial charge in [-0.1, -0.05) is 30.0 Å². The topological polar surface area (TPSA) is 82.2 Å². The maximum absolute atomic E-state index is 12.3. The third kappa shape index (κ3) is 4.13. The van der Waals surface area contributed by atoms with Crippen LogP contribution in [0.25, 0.3) is 17.1 Å². The van der Waals surface area contributed by atoms with Crippen molar-refractivity contribution in [1.29, 1.82) is 0 Å². The van der Waals surface area contributed by atoms with Crippen LogP contribution in [-0.2, 0) is 9.53 Å². The first kappa shape index (κ1) is 18.8. The van der Waals surface area contributed by atoms with Crippen molar-refractivity contribution in [2.24, 2.45) is 0 Å². The Morgan fingerprint density at radius 3 is 2.86 bits per heavy atom. The van der Waals surface area contributed by atoms with Gasteiger partial charge < -0.3 is 14.5 Å². The van der Waals surface area contributed by atoms with Gasteiger partial charge >= 0.3 is 0 Å². The molecule has 0 spiro atoms. The number of rotatable bonds is 7. The standard InChI is InChI=1S/C20H22N4O3S/c1-14-17(9-11-26-14)19-22-23-20(24(19)15-6-3-2-4-7-15)28-13-18(25)21-12-16-8-5-10-27-16/h2-4,6-7,9,11,16H,5,8,10,12-13H2,1H3,(H,21,25)/t16-/m0/s1. The van der Waals surface area contributed by atoms with Crippen molar-refractivity contribution >= 4 is 17.7 Å². The minimum atomic E-state index is -0.0378. The number of ether oxygens (including phenoxy) is 1. The summed E-state index contributed by atoms with van der Waals surface area (Å²) in [5.41, 5.74) is 1.82. The molecule has 8 heteroatoms. The first-order valence-electron chi connectivity index (χ1n) is 9.29. The van der Waals surface area contributed by atoms with Crippen LogP contribution in [0.5, 0.6) is 0 Å². The molecule has 146 valence electrons. The van der Waals surface area contributed by atoms with Gasteiger partial charge in [-0.3, -0.25) is 9.36 Å². The summed E-state index contributed by atoms with van der Waals surface area (Å²) < 4.78 is 12.9. The second-order valence-electron chi connectivity index (χ2n) is 6.60. The number of aryl methyl sites for hydroxylation is 1. The molecule has 0 aliphatic carbocycles. The molecule has 0 bridgehead atoms. The smallest absolute Gasteiger partial charge is 0.230 e. The second kappa shape index (κ2) is 8.62. The quantitative estimate of drug-likeness (QED) is 0.616. The Morgan fingerprint density at radius 1 is 1.29 bits per heavy atom. The van der Waals surface area contributed by atoms with Crippen molar-refractivity contribution in [3.63, 3.8) is 0 Å². The van der Waals surface area contributed by atoms with Crippen LogP contribution in [0.1, 0.15) is 18.6 Å². The van der Waals surface area contributed by atoms with Gasteiger partial charge in [0.25, 0.3) is 0 Å². The third-order valence-corrected chi connectivity index (χ3v) is 5.56. The van der Waals surface area contributed by atoms with E-state index in [4.69, 9.17) is 9.15 Å². The zero-order valence-electron chi connectivity index (χ0n) is 15.6. The highest BCUT2D eigenvalue weighted by Crippen LogP contribution is 2.30. The van der Waals surface area contributed by atoms with E-state index in [0.717, 1.165) is 36.5 Å².